The van der Waals surface area contributed by atoms with Crippen molar-refractivity contribution in [2.45, 2.75) is 19.8 Å². The molecule has 2 rings (SSSR count). The lowest BCUT2D eigenvalue weighted by molar-refractivity contribution is -0.384. The number of nitrogens with one attached hydrogen (secondary N) is 1. The van der Waals surface area contributed by atoms with Crippen molar-refractivity contribution in [2.75, 3.05) is 43.8 Å². The predicted molar refractivity (Wildman–Crippen MR) is 98.4 cm³/mol. The van der Waals surface area contributed by atoms with E-state index in [4.69, 9.17) is 0 Å². The second kappa shape index (κ2) is 8.95. The van der Waals surface area contributed by atoms with E-state index in [1.54, 1.807) is 24.0 Å². The molecular weight excluding hydrogens is 360 g/mol. The average Bonchev–Trinajstić information content (AvgIpc) is 2.65. The van der Waals surface area contributed by atoms with Gasteiger partial charge in [0, 0.05) is 57.0 Å². The van der Waals surface area contributed by atoms with Gasteiger partial charge in [0.25, 0.3) is 5.69 Å². The van der Waals surface area contributed by atoms with E-state index < -0.39 is 14.9 Å². The Labute approximate surface area is 153 Å². The highest BCUT2D eigenvalue weighted by Gasteiger charge is 2.27. The average molecular weight is 384 g/mol. The summed E-state index contributed by atoms with van der Waals surface area (Å²) in [6, 6.07) is 6.12. The second-order valence-corrected chi connectivity index (χ2v) is 8.27. The lowest BCUT2D eigenvalue weighted by Gasteiger charge is -2.33. The summed E-state index contributed by atoms with van der Waals surface area (Å²) >= 11 is 0. The fourth-order valence-electron chi connectivity index (χ4n) is 2.73. The van der Waals surface area contributed by atoms with Gasteiger partial charge in [-0.05, 0) is 25.5 Å². The van der Waals surface area contributed by atoms with Crippen molar-refractivity contribution in [3.63, 3.8) is 0 Å². The first-order valence-electron chi connectivity index (χ1n) is 8.57. The van der Waals surface area contributed by atoms with Crippen LogP contribution >= 0.6 is 0 Å². The Balaban J connectivity index is 1.69. The van der Waals surface area contributed by atoms with E-state index in [2.05, 4.69) is 5.32 Å². The van der Waals surface area contributed by atoms with Crippen LogP contribution < -0.4 is 5.32 Å². The van der Waals surface area contributed by atoms with Crippen molar-refractivity contribution in [3.05, 3.63) is 34.4 Å². The van der Waals surface area contributed by atoms with Crippen LogP contribution in [0.1, 0.15) is 19.8 Å². The zero-order valence-corrected chi connectivity index (χ0v) is 15.6. The maximum Gasteiger partial charge on any atom is 0.269 e. The predicted octanol–water partition coefficient (Wildman–Crippen LogP) is 1.28. The lowest BCUT2D eigenvalue weighted by atomic mass is 10.2. The molecule has 1 saturated heterocycles. The number of carbonyl (C=O) groups excluding carboxylic acids is 1. The van der Waals surface area contributed by atoms with Crippen LogP contribution in [-0.2, 0) is 14.8 Å². The molecular formula is C16H24N4O5S. The zero-order chi connectivity index (χ0) is 19.2. The van der Waals surface area contributed by atoms with E-state index >= 15 is 0 Å². The Morgan fingerprint density at radius 1 is 1.19 bits per heavy atom. The van der Waals surface area contributed by atoms with Crippen molar-refractivity contribution >= 4 is 27.3 Å². The van der Waals surface area contributed by atoms with Crippen LogP contribution in [0.4, 0.5) is 11.4 Å². The number of non-ortho nitro benzene ring substituents is 1. The Morgan fingerprint density at radius 2 is 1.81 bits per heavy atom. The fourth-order valence-corrected chi connectivity index (χ4v) is 3.81. The standard InChI is InChI=1S/C16H24N4O5S/c1-2-26(24,25)19-12-10-18(11-13-19)16(21)4-3-9-17-14-5-7-15(8-6-14)20(22)23/h5-8,17H,2-4,9-13H2,1H3. The van der Waals surface area contributed by atoms with Crippen LogP contribution in [0.2, 0.25) is 0 Å². The number of nitrogens with zero attached hydrogens (tertiary/aromatic N) is 3. The van der Waals surface area contributed by atoms with Crippen molar-refractivity contribution < 1.29 is 18.1 Å². The van der Waals surface area contributed by atoms with Gasteiger partial charge in [0.1, 0.15) is 0 Å². The minimum Gasteiger partial charge on any atom is -0.385 e. The van der Waals surface area contributed by atoms with Crippen LogP contribution in [0.5, 0.6) is 0 Å². The van der Waals surface area contributed by atoms with Crippen molar-refractivity contribution in [2.24, 2.45) is 0 Å². The zero-order valence-electron chi connectivity index (χ0n) is 14.8. The minimum atomic E-state index is -3.19. The van der Waals surface area contributed by atoms with Gasteiger partial charge in [-0.25, -0.2) is 8.42 Å². The molecule has 1 fully saturated rings. The number of amides is 1. The quantitative estimate of drug-likeness (QED) is 0.410. The molecule has 0 saturated carbocycles. The van der Waals surface area contributed by atoms with E-state index in [0.717, 1.165) is 5.69 Å². The lowest BCUT2D eigenvalue weighted by Crippen LogP contribution is -2.50. The Morgan fingerprint density at radius 3 is 2.35 bits per heavy atom. The first-order chi connectivity index (χ1) is 12.3. The number of carbonyl (C=O) groups is 1. The normalized spacial score (nSPS) is 15.7. The number of hydrogen-bond acceptors (Lipinski definition) is 6. The van der Waals surface area contributed by atoms with E-state index in [1.807, 2.05) is 0 Å². The number of rotatable bonds is 8. The third-order valence-electron chi connectivity index (χ3n) is 4.32. The molecule has 0 radical (unpaired) electrons. The summed E-state index contributed by atoms with van der Waals surface area (Å²) in [5, 5.41) is 13.7. The van der Waals surface area contributed by atoms with Crippen molar-refractivity contribution in [1.82, 2.24) is 9.21 Å². The molecule has 1 aromatic carbocycles. The Bertz CT molecular complexity index is 728. The largest absolute Gasteiger partial charge is 0.385 e. The van der Waals surface area contributed by atoms with Crippen LogP contribution in [0.15, 0.2) is 24.3 Å². The van der Waals surface area contributed by atoms with E-state index in [9.17, 15) is 23.3 Å². The smallest absolute Gasteiger partial charge is 0.269 e. The molecule has 10 heteroatoms. The van der Waals surface area contributed by atoms with Crippen LogP contribution in [-0.4, -0.2) is 66.9 Å². The highest BCUT2D eigenvalue weighted by Crippen LogP contribution is 2.15. The molecule has 9 nitrogen and oxygen atoms in total. The monoisotopic (exact) mass is 384 g/mol. The Kier molecular flexibility index (Phi) is 6.92. The van der Waals surface area contributed by atoms with Gasteiger partial charge in [0.05, 0.1) is 10.7 Å². The van der Waals surface area contributed by atoms with Crippen LogP contribution in [0, 0.1) is 10.1 Å². The molecule has 0 unspecified atom stereocenters. The highest BCUT2D eigenvalue weighted by molar-refractivity contribution is 7.89. The molecule has 0 spiro atoms. The van der Waals surface area contributed by atoms with Gasteiger partial charge >= 0.3 is 0 Å². The van der Waals surface area contributed by atoms with Gasteiger partial charge in [0.15, 0.2) is 0 Å². The molecule has 0 aromatic heterocycles. The van der Waals surface area contributed by atoms with Crippen molar-refractivity contribution in [3.8, 4) is 0 Å². The molecule has 0 bridgehead atoms. The molecule has 1 aliphatic heterocycles. The third kappa shape index (κ3) is 5.40. The first-order valence-corrected chi connectivity index (χ1v) is 10.2. The second-order valence-electron chi connectivity index (χ2n) is 6.01. The van der Waals surface area contributed by atoms with Crippen LogP contribution in [0.25, 0.3) is 0 Å². The molecule has 1 aliphatic rings. The van der Waals surface area contributed by atoms with Gasteiger partial charge in [-0.1, -0.05) is 0 Å². The summed E-state index contributed by atoms with van der Waals surface area (Å²) in [6.07, 6.45) is 1.00. The summed E-state index contributed by atoms with van der Waals surface area (Å²) in [7, 11) is -3.19. The fraction of sp³-hybridized carbons (Fsp3) is 0.562. The summed E-state index contributed by atoms with van der Waals surface area (Å²) in [5.74, 6) is 0.0963. The maximum atomic E-state index is 12.2. The number of piperazine rings is 1. The highest BCUT2D eigenvalue weighted by atomic mass is 32.2. The van der Waals surface area contributed by atoms with E-state index in [0.29, 0.717) is 45.6 Å². The van der Waals surface area contributed by atoms with Crippen molar-refractivity contribution in [1.29, 1.82) is 0 Å². The molecule has 1 amide bonds. The first kappa shape index (κ1) is 20.1. The number of sulfonamides is 1. The third-order valence-corrected chi connectivity index (χ3v) is 6.21. The van der Waals surface area contributed by atoms with Crippen LogP contribution in [0.3, 0.4) is 0 Å². The molecule has 0 atom stereocenters. The summed E-state index contributed by atoms with van der Waals surface area (Å²) < 4.78 is 25.1. The minimum absolute atomic E-state index is 0.0176. The molecule has 1 aromatic rings. The number of nitro benzene ring substituents is 1. The maximum absolute atomic E-state index is 12.2. The number of hydrogen-bond donors (Lipinski definition) is 1. The van der Waals surface area contributed by atoms with Gasteiger partial charge in [-0.3, -0.25) is 14.9 Å². The summed E-state index contributed by atoms with van der Waals surface area (Å²) in [4.78, 5) is 24.1. The summed E-state index contributed by atoms with van der Waals surface area (Å²) in [6.45, 7) is 3.74. The Hall–Kier alpha value is -2.20. The molecule has 1 heterocycles. The molecule has 144 valence electrons. The molecule has 26 heavy (non-hydrogen) atoms. The van der Waals surface area contributed by atoms with E-state index in [1.165, 1.54) is 16.4 Å². The van der Waals surface area contributed by atoms with Gasteiger partial charge in [-0.2, -0.15) is 4.31 Å². The summed E-state index contributed by atoms with van der Waals surface area (Å²) in [5.41, 5.74) is 0.802. The van der Waals surface area contributed by atoms with Gasteiger partial charge in [-0.15, -0.1) is 0 Å². The van der Waals surface area contributed by atoms with Gasteiger partial charge in [0.2, 0.25) is 15.9 Å². The topological polar surface area (TPSA) is 113 Å². The molecule has 1 N–H and O–H groups in total. The SMILES string of the molecule is CCS(=O)(=O)N1CCN(C(=O)CCCNc2ccc([N+](=O)[O-])cc2)CC1. The molecule has 0 aliphatic carbocycles. The number of nitro groups is 1. The number of benzene rings is 1. The van der Waals surface area contributed by atoms with Gasteiger partial charge < -0.3 is 10.2 Å². The van der Waals surface area contributed by atoms with E-state index in [-0.39, 0.29) is 17.3 Å². The number of anilines is 1.